The molecule has 7 nitrogen and oxygen atoms in total. The zero-order valence-electron chi connectivity index (χ0n) is 25.4. The first-order valence-electron chi connectivity index (χ1n) is 14.5. The topological polar surface area (TPSA) is 96.5 Å². The number of benzene rings is 5. The number of hydrogen-bond donors (Lipinski definition) is 3. The van der Waals surface area contributed by atoms with Crippen LogP contribution in [0.3, 0.4) is 0 Å². The molecule has 3 N–H and O–H groups in total. The molecule has 0 spiro atoms. The van der Waals surface area contributed by atoms with Crippen molar-refractivity contribution in [2.75, 3.05) is 17.7 Å². The maximum atomic E-state index is 13.7. The number of amides is 3. The Kier molecular flexibility index (Phi) is 11.8. The Balaban J connectivity index is 1.41. The van der Waals surface area contributed by atoms with Gasteiger partial charge in [0.1, 0.15) is 16.7 Å². The van der Waals surface area contributed by atoms with Gasteiger partial charge in [-0.1, -0.05) is 95.5 Å². The predicted molar refractivity (Wildman–Crippen MR) is 195 cm³/mol. The van der Waals surface area contributed by atoms with Crippen molar-refractivity contribution in [3.05, 3.63) is 159 Å². The third-order valence-electron chi connectivity index (χ3n) is 6.92. The van der Waals surface area contributed by atoms with Gasteiger partial charge in [0.2, 0.25) is 5.91 Å². The summed E-state index contributed by atoms with van der Waals surface area (Å²) in [5.74, 6) is -0.928. The summed E-state index contributed by atoms with van der Waals surface area (Å²) < 4.78 is 5.41. The number of carbonyl (C=O) groups is 3. The van der Waals surface area contributed by atoms with Gasteiger partial charge >= 0.3 is 0 Å². The van der Waals surface area contributed by atoms with Crippen molar-refractivity contribution in [3.63, 3.8) is 0 Å². The van der Waals surface area contributed by atoms with Crippen LogP contribution in [0.4, 0.5) is 11.4 Å². The second-order valence-electron chi connectivity index (χ2n) is 10.2. The quantitative estimate of drug-likeness (QED) is 0.0935. The molecular weight excluding hydrogens is 689 g/mol. The highest BCUT2D eigenvalue weighted by atomic mass is 35.5. The fourth-order valence-electron chi connectivity index (χ4n) is 4.59. The summed E-state index contributed by atoms with van der Waals surface area (Å²) in [6, 6.07) is 34.8. The van der Waals surface area contributed by atoms with Crippen molar-refractivity contribution < 1.29 is 19.1 Å². The Morgan fingerprint density at radius 3 is 2.10 bits per heavy atom. The lowest BCUT2D eigenvalue weighted by Gasteiger charge is -2.19. The van der Waals surface area contributed by atoms with E-state index in [1.165, 1.54) is 24.9 Å². The summed E-state index contributed by atoms with van der Waals surface area (Å²) in [5, 5.41) is 8.86. The predicted octanol–water partition coefficient (Wildman–Crippen LogP) is 9.54. The van der Waals surface area contributed by atoms with Gasteiger partial charge in [-0.15, -0.1) is 11.8 Å². The molecule has 0 radical (unpaired) electrons. The van der Waals surface area contributed by atoms with Crippen LogP contribution in [0.25, 0.3) is 6.08 Å². The summed E-state index contributed by atoms with van der Waals surface area (Å²) in [6.45, 7) is 0. The highest BCUT2D eigenvalue weighted by Crippen LogP contribution is 2.38. The number of halogens is 3. The van der Waals surface area contributed by atoms with Crippen molar-refractivity contribution in [2.45, 2.75) is 10.1 Å². The van der Waals surface area contributed by atoms with E-state index >= 15 is 0 Å². The zero-order chi connectivity index (χ0) is 34.0. The van der Waals surface area contributed by atoms with Gasteiger partial charge in [0.15, 0.2) is 0 Å². The third kappa shape index (κ3) is 8.99. The molecule has 5 rings (SSSR count). The summed E-state index contributed by atoms with van der Waals surface area (Å²) in [4.78, 5) is 41.2. The molecule has 5 aromatic rings. The minimum atomic E-state index is -0.677. The molecule has 5 aromatic carbocycles. The van der Waals surface area contributed by atoms with E-state index in [0.717, 1.165) is 5.56 Å². The number of hydrogen-bond acceptors (Lipinski definition) is 5. The number of thioether (sulfide) groups is 1. The van der Waals surface area contributed by atoms with Gasteiger partial charge in [-0.2, -0.15) is 0 Å². The molecule has 0 saturated heterocycles. The van der Waals surface area contributed by atoms with Gasteiger partial charge in [0, 0.05) is 36.8 Å². The molecule has 0 aromatic heterocycles. The summed E-state index contributed by atoms with van der Waals surface area (Å²) in [7, 11) is 1.51. The van der Waals surface area contributed by atoms with Crippen molar-refractivity contribution >= 4 is 81.7 Å². The lowest BCUT2D eigenvalue weighted by atomic mass is 10.1. The van der Waals surface area contributed by atoms with E-state index in [1.54, 1.807) is 84.9 Å². The highest BCUT2D eigenvalue weighted by Gasteiger charge is 2.24. The number of nitrogens with one attached hydrogen (secondary N) is 3. The van der Waals surface area contributed by atoms with E-state index in [4.69, 9.17) is 39.5 Å². The summed E-state index contributed by atoms with van der Waals surface area (Å²) in [5.41, 5.74) is 2.29. The van der Waals surface area contributed by atoms with Crippen molar-refractivity contribution in [1.29, 1.82) is 0 Å². The Morgan fingerprint density at radius 1 is 0.750 bits per heavy atom. The summed E-state index contributed by atoms with van der Waals surface area (Å²) in [6.07, 6.45) is 1.43. The molecule has 3 amide bonds. The van der Waals surface area contributed by atoms with E-state index < -0.39 is 17.1 Å². The number of methoxy groups -OCH3 is 1. The van der Waals surface area contributed by atoms with Gasteiger partial charge in [-0.05, 0) is 72.3 Å². The molecule has 0 aliphatic rings. The Morgan fingerprint density at radius 2 is 1.42 bits per heavy atom. The van der Waals surface area contributed by atoms with Crippen LogP contribution in [-0.4, -0.2) is 24.8 Å². The second-order valence-corrected chi connectivity index (χ2v) is 12.7. The average molecular weight is 717 g/mol. The maximum absolute atomic E-state index is 13.7. The lowest BCUT2D eigenvalue weighted by Crippen LogP contribution is -2.30. The van der Waals surface area contributed by atoms with Gasteiger partial charge < -0.3 is 20.7 Å². The zero-order valence-corrected chi connectivity index (χ0v) is 28.5. The van der Waals surface area contributed by atoms with Crippen LogP contribution in [0, 0.1) is 0 Å². The molecule has 0 aliphatic heterocycles. The van der Waals surface area contributed by atoms with E-state index in [1.807, 2.05) is 36.4 Å². The largest absolute Gasteiger partial charge is 0.495 e. The number of ether oxygens (including phenoxy) is 1. The van der Waals surface area contributed by atoms with Crippen LogP contribution >= 0.6 is 46.6 Å². The van der Waals surface area contributed by atoms with Crippen LogP contribution in [0.1, 0.15) is 26.7 Å². The minimum absolute atomic E-state index is 0.0751. The molecule has 0 saturated carbocycles. The van der Waals surface area contributed by atoms with E-state index in [0.29, 0.717) is 48.2 Å². The molecular formula is C37H28Cl3N3O4S. The van der Waals surface area contributed by atoms with E-state index in [9.17, 15) is 14.4 Å². The van der Waals surface area contributed by atoms with Crippen LogP contribution in [-0.2, 0) is 9.59 Å². The molecule has 0 heterocycles. The highest BCUT2D eigenvalue weighted by molar-refractivity contribution is 8.00. The molecule has 0 bridgehead atoms. The van der Waals surface area contributed by atoms with Crippen molar-refractivity contribution in [3.8, 4) is 5.75 Å². The monoisotopic (exact) mass is 715 g/mol. The van der Waals surface area contributed by atoms with Crippen molar-refractivity contribution in [2.24, 2.45) is 0 Å². The molecule has 11 heteroatoms. The Hall–Kier alpha value is -4.73. The van der Waals surface area contributed by atoms with Crippen LogP contribution < -0.4 is 20.7 Å². The first kappa shape index (κ1) is 34.6. The fraction of sp³-hybridized carbons (Fsp3) is 0.0541. The average Bonchev–Trinajstić information content (AvgIpc) is 3.09. The molecule has 242 valence electrons. The summed E-state index contributed by atoms with van der Waals surface area (Å²) >= 11 is 20.3. The maximum Gasteiger partial charge on any atom is 0.272 e. The third-order valence-corrected chi connectivity index (χ3v) is 9.07. The molecule has 1 unspecified atom stereocenters. The van der Waals surface area contributed by atoms with E-state index in [-0.39, 0.29) is 11.6 Å². The second kappa shape index (κ2) is 16.4. The van der Waals surface area contributed by atoms with Gasteiger partial charge in [-0.3, -0.25) is 14.4 Å². The van der Waals surface area contributed by atoms with Crippen LogP contribution in [0.5, 0.6) is 5.75 Å². The smallest absolute Gasteiger partial charge is 0.272 e. The molecule has 48 heavy (non-hydrogen) atoms. The number of carbonyl (C=O) groups excluding carboxylic acids is 3. The van der Waals surface area contributed by atoms with Crippen molar-refractivity contribution in [1.82, 2.24) is 5.32 Å². The van der Waals surface area contributed by atoms with Crippen LogP contribution in [0.2, 0.25) is 15.1 Å². The SMILES string of the molecule is COc1ccc(Cl)cc1NC(=O)C(Sc1cccc(NC(=O)/C(=C\c2c(Cl)cccc2Cl)NC(=O)c2ccccc2)c1)c1ccccc1. The van der Waals surface area contributed by atoms with Gasteiger partial charge in [-0.25, -0.2) is 0 Å². The molecule has 1 atom stereocenters. The molecule has 0 aliphatic carbocycles. The fourth-order valence-corrected chi connectivity index (χ4v) is 6.36. The van der Waals surface area contributed by atoms with Gasteiger partial charge in [0.05, 0.1) is 12.8 Å². The Bertz CT molecular complexity index is 1950. The normalized spacial score (nSPS) is 11.7. The standard InChI is InChI=1S/C37H28Cl3N3O4S/c1-47-33-19-18-25(38)20-31(33)42-37(46)34(23-10-4-2-5-11-23)48-27-15-8-14-26(21-27)41-36(45)32(22-28-29(39)16-9-17-30(28)40)43-35(44)24-12-6-3-7-13-24/h2-22,34H,1H3,(H,41,45)(H,42,46)(H,43,44)/b32-22+. The number of anilines is 2. The lowest BCUT2D eigenvalue weighted by molar-refractivity contribution is -0.116. The van der Waals surface area contributed by atoms with Gasteiger partial charge in [0.25, 0.3) is 11.8 Å². The van der Waals surface area contributed by atoms with E-state index in [2.05, 4.69) is 16.0 Å². The first-order chi connectivity index (χ1) is 23.2. The number of rotatable bonds is 11. The Labute approximate surface area is 297 Å². The molecule has 0 fully saturated rings. The minimum Gasteiger partial charge on any atom is -0.495 e. The first-order valence-corrected chi connectivity index (χ1v) is 16.5. The van der Waals surface area contributed by atoms with Crippen LogP contribution in [0.15, 0.2) is 132 Å².